The molecule has 2 aromatic heterocycles. The van der Waals surface area contributed by atoms with E-state index in [0.717, 1.165) is 17.5 Å². The first kappa shape index (κ1) is 33.0. The molecule has 2 aromatic carbocycles. The highest BCUT2D eigenvalue weighted by atomic mass is 35.5. The van der Waals surface area contributed by atoms with Crippen LogP contribution in [0.2, 0.25) is 5.02 Å². The summed E-state index contributed by atoms with van der Waals surface area (Å²) in [5.74, 6) is -2.68. The van der Waals surface area contributed by atoms with Crippen molar-refractivity contribution >= 4 is 38.6 Å². The maximum absolute atomic E-state index is 14.0. The Bertz CT molecular complexity index is 2000. The normalized spacial score (nSPS) is 18.3. The van der Waals surface area contributed by atoms with Gasteiger partial charge in [-0.05, 0) is 78.1 Å². The lowest BCUT2D eigenvalue weighted by atomic mass is 9.83. The number of ether oxygens (including phenoxy) is 2. The molecule has 6 rings (SSSR count). The Morgan fingerprint density at radius 1 is 1.23 bits per heavy atom. The lowest BCUT2D eigenvalue weighted by molar-refractivity contribution is -0.274. The number of hydrogen-bond acceptors (Lipinski definition) is 8. The quantitative estimate of drug-likeness (QED) is 0.247. The van der Waals surface area contributed by atoms with Crippen LogP contribution in [0.25, 0.3) is 11.0 Å². The van der Waals surface area contributed by atoms with Crippen LogP contribution in [0, 0.1) is 6.92 Å². The molecule has 47 heavy (non-hydrogen) atoms. The van der Waals surface area contributed by atoms with E-state index in [1.807, 2.05) is 13.0 Å². The van der Waals surface area contributed by atoms with Crippen LogP contribution in [0.1, 0.15) is 65.5 Å². The van der Waals surface area contributed by atoms with Crippen LogP contribution < -0.4 is 9.47 Å². The minimum absolute atomic E-state index is 0.0150. The van der Waals surface area contributed by atoms with Gasteiger partial charge in [0.15, 0.2) is 5.75 Å². The summed E-state index contributed by atoms with van der Waals surface area (Å²) >= 11 is 6.13. The number of pyridine rings is 1. The Morgan fingerprint density at radius 3 is 2.70 bits per heavy atom. The van der Waals surface area contributed by atoms with E-state index in [1.165, 1.54) is 34.4 Å². The summed E-state index contributed by atoms with van der Waals surface area (Å²) in [6.07, 6.45) is -1.98. The molecule has 0 spiro atoms. The van der Waals surface area contributed by atoms with E-state index >= 15 is 0 Å². The molecule has 0 fully saturated rings. The van der Waals surface area contributed by atoms with Gasteiger partial charge < -0.3 is 14.6 Å². The van der Waals surface area contributed by atoms with Crippen LogP contribution in [-0.4, -0.2) is 62.8 Å². The van der Waals surface area contributed by atoms with E-state index < -0.39 is 46.5 Å². The number of rotatable bonds is 8. The van der Waals surface area contributed by atoms with Gasteiger partial charge in [0, 0.05) is 25.7 Å². The number of hydrogen-bond donors (Lipinski definition) is 1. The lowest BCUT2D eigenvalue weighted by Crippen LogP contribution is -2.36. The van der Waals surface area contributed by atoms with Crippen molar-refractivity contribution in [3.63, 3.8) is 0 Å². The smallest absolute Gasteiger partial charge is 0.481 e. The van der Waals surface area contributed by atoms with Crippen LogP contribution in [0.5, 0.6) is 11.6 Å². The van der Waals surface area contributed by atoms with Gasteiger partial charge in [-0.2, -0.15) is 4.31 Å². The summed E-state index contributed by atoms with van der Waals surface area (Å²) in [4.78, 5) is 16.2. The minimum Gasteiger partial charge on any atom is -0.481 e. The van der Waals surface area contributed by atoms with Crippen molar-refractivity contribution in [3.05, 3.63) is 68.9 Å². The largest absolute Gasteiger partial charge is 0.573 e. The fourth-order valence-electron chi connectivity index (χ4n) is 6.55. The number of aromatic nitrogens is 4. The summed E-state index contributed by atoms with van der Waals surface area (Å²) in [6, 6.07) is 6.14. The molecule has 2 aliphatic rings. The standard InChI is InChI=1S/C31H31ClF3N5O6S/c1-4-21-15-40(47(43,44)26-10-20(32)13-36-30(26)45-21)14-19-9-18(8-17-6-5-7-22(17)19)24(12-27(41)42)23-11-25(46-31(33,34)35)29-28(16(23)2)37-38-39(29)3/h8-11,13,21,24H,4-7,12,14-15H2,1-3H3,(H,41,42)/t21-,24-/m1/s1. The molecule has 1 aliphatic carbocycles. The number of sulfonamides is 1. The average molecular weight is 694 g/mol. The molecule has 0 unspecified atom stereocenters. The van der Waals surface area contributed by atoms with Gasteiger partial charge in [0.25, 0.3) is 0 Å². The molecular formula is C31H31ClF3N5O6S. The van der Waals surface area contributed by atoms with E-state index in [0.29, 0.717) is 36.0 Å². The number of benzene rings is 2. The van der Waals surface area contributed by atoms with Crippen LogP contribution in [0.4, 0.5) is 13.2 Å². The van der Waals surface area contributed by atoms with Crippen molar-refractivity contribution in [1.82, 2.24) is 24.3 Å². The molecule has 250 valence electrons. The Morgan fingerprint density at radius 2 is 2.00 bits per heavy atom. The molecule has 0 saturated carbocycles. The lowest BCUT2D eigenvalue weighted by Gasteiger charge is -2.26. The van der Waals surface area contributed by atoms with E-state index in [1.54, 1.807) is 13.0 Å². The van der Waals surface area contributed by atoms with E-state index in [4.69, 9.17) is 16.3 Å². The van der Waals surface area contributed by atoms with Gasteiger partial charge in [-0.1, -0.05) is 35.9 Å². The maximum Gasteiger partial charge on any atom is 0.573 e. The average Bonchev–Trinajstić information content (AvgIpc) is 3.61. The van der Waals surface area contributed by atoms with Gasteiger partial charge in [-0.3, -0.25) is 4.79 Å². The topological polar surface area (TPSA) is 137 Å². The predicted molar refractivity (Wildman–Crippen MR) is 164 cm³/mol. The van der Waals surface area contributed by atoms with Crippen molar-refractivity contribution in [2.75, 3.05) is 6.54 Å². The second-order valence-electron chi connectivity index (χ2n) is 11.8. The first-order chi connectivity index (χ1) is 22.2. The molecule has 1 N–H and O–H groups in total. The van der Waals surface area contributed by atoms with Crippen LogP contribution >= 0.6 is 11.6 Å². The first-order valence-corrected chi connectivity index (χ1v) is 16.7. The van der Waals surface area contributed by atoms with Crippen LogP contribution in [-0.2, 0) is 41.3 Å². The first-order valence-electron chi connectivity index (χ1n) is 14.9. The Hall–Kier alpha value is -3.95. The fourth-order valence-corrected chi connectivity index (χ4v) is 8.32. The van der Waals surface area contributed by atoms with Gasteiger partial charge in [-0.25, -0.2) is 18.1 Å². The Balaban J connectivity index is 1.49. The third-order valence-corrected chi connectivity index (χ3v) is 10.8. The number of halogens is 4. The zero-order chi connectivity index (χ0) is 33.8. The van der Waals surface area contributed by atoms with Crippen LogP contribution in [0.3, 0.4) is 0 Å². The number of carbonyl (C=O) groups is 1. The van der Waals surface area contributed by atoms with E-state index in [2.05, 4.69) is 20.0 Å². The Kier molecular flexibility index (Phi) is 8.59. The third-order valence-electron chi connectivity index (χ3n) is 8.74. The third kappa shape index (κ3) is 6.35. The molecule has 16 heteroatoms. The number of aliphatic carboxylic acids is 1. The highest BCUT2D eigenvalue weighted by molar-refractivity contribution is 7.89. The molecule has 0 bridgehead atoms. The Labute approximate surface area is 273 Å². The zero-order valence-corrected chi connectivity index (χ0v) is 27.2. The molecule has 0 amide bonds. The SMILES string of the molecule is CC[C@@H]1CN(Cc2cc([C@@H](CC(=O)O)c3cc(OC(F)(F)F)c4c(nnn4C)c3C)cc3c2CCC3)S(=O)(=O)c2cc(Cl)cnc2O1. The summed E-state index contributed by atoms with van der Waals surface area (Å²) in [7, 11) is -2.69. The molecule has 4 aromatic rings. The van der Waals surface area contributed by atoms with E-state index in [9.17, 15) is 31.5 Å². The number of aryl methyl sites for hydroxylation is 3. The molecule has 11 nitrogen and oxygen atoms in total. The summed E-state index contributed by atoms with van der Waals surface area (Å²) in [5, 5.41) is 18.1. The van der Waals surface area contributed by atoms with Gasteiger partial charge >= 0.3 is 12.3 Å². The maximum atomic E-state index is 14.0. The summed E-state index contributed by atoms with van der Waals surface area (Å²) < 4.78 is 81.4. The number of carboxylic acids is 1. The molecule has 0 saturated heterocycles. The van der Waals surface area contributed by atoms with Crippen molar-refractivity contribution in [2.45, 2.75) is 75.8 Å². The van der Waals surface area contributed by atoms with Crippen molar-refractivity contribution in [3.8, 4) is 11.6 Å². The summed E-state index contributed by atoms with van der Waals surface area (Å²) in [5.41, 5.74) is 3.98. The second-order valence-corrected chi connectivity index (χ2v) is 14.1. The highest BCUT2D eigenvalue weighted by Crippen LogP contribution is 2.42. The summed E-state index contributed by atoms with van der Waals surface area (Å²) in [6.45, 7) is 3.51. The molecule has 2 atom stereocenters. The fraction of sp³-hybridized carbons (Fsp3) is 0.419. The number of nitrogens with zero attached hydrogens (tertiary/aromatic N) is 5. The van der Waals surface area contributed by atoms with Gasteiger partial charge in [-0.15, -0.1) is 18.3 Å². The van der Waals surface area contributed by atoms with Crippen molar-refractivity contribution in [1.29, 1.82) is 0 Å². The minimum atomic E-state index is -5.02. The number of fused-ring (bicyclic) bond motifs is 3. The van der Waals surface area contributed by atoms with Gasteiger partial charge in [0.2, 0.25) is 15.9 Å². The molecule has 0 radical (unpaired) electrons. The highest BCUT2D eigenvalue weighted by Gasteiger charge is 2.37. The number of carboxylic acid groups (broad SMARTS) is 1. The second kappa shape index (κ2) is 12.3. The van der Waals surface area contributed by atoms with Gasteiger partial charge in [0.05, 0.1) is 18.0 Å². The predicted octanol–water partition coefficient (Wildman–Crippen LogP) is 5.68. The molecule has 1 aliphatic heterocycles. The van der Waals surface area contributed by atoms with Crippen molar-refractivity contribution in [2.24, 2.45) is 7.05 Å². The van der Waals surface area contributed by atoms with Gasteiger partial charge in [0.1, 0.15) is 22.0 Å². The van der Waals surface area contributed by atoms with Crippen LogP contribution in [0.15, 0.2) is 35.4 Å². The molecule has 3 heterocycles. The van der Waals surface area contributed by atoms with Crippen molar-refractivity contribution < 1.29 is 41.0 Å². The number of alkyl halides is 3. The van der Waals surface area contributed by atoms with E-state index in [-0.39, 0.29) is 45.5 Å². The molecular weight excluding hydrogens is 663 g/mol. The zero-order valence-electron chi connectivity index (χ0n) is 25.6. The monoisotopic (exact) mass is 693 g/mol.